The number of nitriles is 1. The highest BCUT2D eigenvalue weighted by atomic mass is 16.5. The minimum absolute atomic E-state index is 0.0418. The van der Waals surface area contributed by atoms with Gasteiger partial charge in [-0.2, -0.15) is 10.2 Å². The van der Waals surface area contributed by atoms with Crippen LogP contribution in [0.3, 0.4) is 0 Å². The van der Waals surface area contributed by atoms with E-state index in [4.69, 9.17) is 10.5 Å². The lowest BCUT2D eigenvalue weighted by molar-refractivity contribution is -0.121. The fraction of sp³-hybridized carbons (Fsp3) is 0.500. The minimum atomic E-state index is -1.79. The van der Waals surface area contributed by atoms with Gasteiger partial charge in [0.1, 0.15) is 18.0 Å². The molecule has 7 heteroatoms. The number of nitrogens with zero attached hydrogens (tertiary/aromatic N) is 3. The number of rotatable bonds is 4. The van der Waals surface area contributed by atoms with Crippen LogP contribution in [0, 0.1) is 11.3 Å². The fourth-order valence-electron chi connectivity index (χ4n) is 1.51. The number of hydrogen-bond donors (Lipinski definition) is 2. The fourth-order valence-corrected chi connectivity index (χ4v) is 1.51. The lowest BCUT2D eigenvalue weighted by Gasteiger charge is -2.30. The summed E-state index contributed by atoms with van der Waals surface area (Å²) in [5, 5.41) is 19.0. The lowest BCUT2D eigenvalue weighted by Crippen LogP contribution is -2.50. The van der Waals surface area contributed by atoms with E-state index in [1.807, 2.05) is 0 Å². The zero-order valence-corrected chi connectivity index (χ0v) is 9.62. The number of nitrogens with two attached hydrogens (primary N) is 1. The van der Waals surface area contributed by atoms with E-state index in [2.05, 4.69) is 4.98 Å². The predicted octanol–water partition coefficient (Wildman–Crippen LogP) is -0.581. The summed E-state index contributed by atoms with van der Waals surface area (Å²) in [7, 11) is 1.24. The maximum absolute atomic E-state index is 11.7. The Morgan fingerprint density at radius 1 is 1.82 bits per heavy atom. The molecule has 3 N–H and O–H groups in total. The van der Waals surface area contributed by atoms with Crippen LogP contribution < -0.4 is 11.4 Å². The SMILES string of the molecule is CCC(O)C(C#N)(OC)n1ccc(N)nc1=O. The molecular weight excluding hydrogens is 224 g/mol. The van der Waals surface area contributed by atoms with Crippen molar-refractivity contribution in [2.75, 3.05) is 12.8 Å². The summed E-state index contributed by atoms with van der Waals surface area (Å²) in [5.74, 6) is 0.0418. The maximum Gasteiger partial charge on any atom is 0.352 e. The molecule has 0 amide bonds. The first-order chi connectivity index (χ1) is 8.01. The van der Waals surface area contributed by atoms with Crippen molar-refractivity contribution in [3.63, 3.8) is 0 Å². The minimum Gasteiger partial charge on any atom is -0.387 e. The molecule has 7 nitrogen and oxygen atoms in total. The second-order valence-corrected chi connectivity index (χ2v) is 3.44. The van der Waals surface area contributed by atoms with Gasteiger partial charge in [0.25, 0.3) is 5.72 Å². The molecule has 0 fully saturated rings. The van der Waals surface area contributed by atoms with Gasteiger partial charge in [-0.25, -0.2) is 4.79 Å². The molecule has 2 atom stereocenters. The van der Waals surface area contributed by atoms with E-state index in [0.29, 0.717) is 0 Å². The summed E-state index contributed by atoms with van der Waals surface area (Å²) in [6.45, 7) is 1.67. The Kier molecular flexibility index (Phi) is 3.83. The second kappa shape index (κ2) is 4.95. The molecule has 0 saturated carbocycles. The Hall–Kier alpha value is -1.91. The van der Waals surface area contributed by atoms with E-state index in [9.17, 15) is 15.2 Å². The number of ether oxygens (including phenoxy) is 1. The van der Waals surface area contributed by atoms with Gasteiger partial charge in [-0.05, 0) is 12.5 Å². The topological polar surface area (TPSA) is 114 Å². The number of aromatic nitrogens is 2. The van der Waals surface area contributed by atoms with Gasteiger partial charge in [0.15, 0.2) is 0 Å². The summed E-state index contributed by atoms with van der Waals surface area (Å²) < 4.78 is 5.95. The smallest absolute Gasteiger partial charge is 0.352 e. The van der Waals surface area contributed by atoms with Crippen molar-refractivity contribution in [1.82, 2.24) is 9.55 Å². The van der Waals surface area contributed by atoms with E-state index in [0.717, 1.165) is 4.57 Å². The molecule has 0 aromatic carbocycles. The van der Waals surface area contributed by atoms with E-state index in [1.165, 1.54) is 19.4 Å². The molecule has 0 aliphatic rings. The molecule has 0 saturated heterocycles. The van der Waals surface area contributed by atoms with Gasteiger partial charge in [-0.1, -0.05) is 6.92 Å². The zero-order chi connectivity index (χ0) is 13.1. The average molecular weight is 238 g/mol. The molecule has 0 aliphatic heterocycles. The van der Waals surface area contributed by atoms with E-state index < -0.39 is 17.5 Å². The van der Waals surface area contributed by atoms with Gasteiger partial charge in [0.2, 0.25) is 0 Å². The molecule has 2 unspecified atom stereocenters. The van der Waals surface area contributed by atoms with Crippen LogP contribution in [0.2, 0.25) is 0 Å². The van der Waals surface area contributed by atoms with Gasteiger partial charge in [-0.3, -0.25) is 4.57 Å². The highest BCUT2D eigenvalue weighted by molar-refractivity contribution is 5.24. The Morgan fingerprint density at radius 2 is 2.47 bits per heavy atom. The summed E-state index contributed by atoms with van der Waals surface area (Å²) in [6, 6.07) is 3.16. The summed E-state index contributed by atoms with van der Waals surface area (Å²) in [5.41, 5.74) is 2.82. The molecule has 1 aromatic rings. The molecular formula is C10H14N4O3. The summed E-state index contributed by atoms with van der Waals surface area (Å²) in [4.78, 5) is 15.1. The molecule has 92 valence electrons. The van der Waals surface area contributed by atoms with Crippen LogP contribution in [0.4, 0.5) is 5.82 Å². The normalized spacial score (nSPS) is 15.9. The first-order valence-corrected chi connectivity index (χ1v) is 5.02. The monoisotopic (exact) mass is 238 g/mol. The number of nitrogen functional groups attached to an aromatic ring is 1. The lowest BCUT2D eigenvalue weighted by atomic mass is 10.1. The predicted molar refractivity (Wildman–Crippen MR) is 59.8 cm³/mol. The van der Waals surface area contributed by atoms with Crippen molar-refractivity contribution >= 4 is 5.82 Å². The third kappa shape index (κ3) is 2.13. The van der Waals surface area contributed by atoms with Gasteiger partial charge in [0, 0.05) is 13.3 Å². The molecule has 0 radical (unpaired) electrons. The molecule has 1 aromatic heterocycles. The highest BCUT2D eigenvalue weighted by Crippen LogP contribution is 2.22. The first-order valence-electron chi connectivity index (χ1n) is 5.02. The van der Waals surface area contributed by atoms with E-state index in [-0.39, 0.29) is 12.2 Å². The number of hydrogen-bond acceptors (Lipinski definition) is 6. The van der Waals surface area contributed by atoms with Crippen molar-refractivity contribution in [2.24, 2.45) is 0 Å². The van der Waals surface area contributed by atoms with Crippen LogP contribution in [-0.4, -0.2) is 27.9 Å². The van der Waals surface area contributed by atoms with Crippen LogP contribution in [-0.2, 0) is 10.5 Å². The largest absolute Gasteiger partial charge is 0.387 e. The van der Waals surface area contributed by atoms with E-state index >= 15 is 0 Å². The molecule has 17 heavy (non-hydrogen) atoms. The number of aliphatic hydroxyl groups is 1. The second-order valence-electron chi connectivity index (χ2n) is 3.44. The van der Waals surface area contributed by atoms with Crippen LogP contribution in [0.25, 0.3) is 0 Å². The molecule has 1 rings (SSSR count). The Labute approximate surface area is 98.1 Å². The third-order valence-electron chi connectivity index (χ3n) is 2.49. The van der Waals surface area contributed by atoms with Gasteiger partial charge in [0.05, 0.1) is 0 Å². The Balaban J connectivity index is 3.43. The molecule has 0 aliphatic carbocycles. The van der Waals surface area contributed by atoms with Crippen LogP contribution in [0.15, 0.2) is 17.1 Å². The van der Waals surface area contributed by atoms with Gasteiger partial charge in [-0.15, -0.1) is 0 Å². The molecule has 1 heterocycles. The van der Waals surface area contributed by atoms with Crippen molar-refractivity contribution in [1.29, 1.82) is 5.26 Å². The Bertz CT molecular complexity index is 493. The van der Waals surface area contributed by atoms with Gasteiger partial charge >= 0.3 is 5.69 Å². The number of anilines is 1. The highest BCUT2D eigenvalue weighted by Gasteiger charge is 2.40. The van der Waals surface area contributed by atoms with Crippen molar-refractivity contribution in [3.8, 4) is 6.07 Å². The summed E-state index contributed by atoms with van der Waals surface area (Å²) in [6.07, 6.45) is 0.370. The molecule has 0 bridgehead atoms. The first kappa shape index (κ1) is 13.2. The third-order valence-corrected chi connectivity index (χ3v) is 2.49. The maximum atomic E-state index is 11.7. The van der Waals surface area contributed by atoms with Crippen molar-refractivity contribution < 1.29 is 9.84 Å². The Morgan fingerprint density at radius 3 is 2.88 bits per heavy atom. The van der Waals surface area contributed by atoms with Crippen LogP contribution in [0.1, 0.15) is 13.3 Å². The van der Waals surface area contributed by atoms with Gasteiger partial charge < -0.3 is 15.6 Å². The van der Waals surface area contributed by atoms with Crippen LogP contribution in [0.5, 0.6) is 0 Å². The molecule has 0 spiro atoms. The number of methoxy groups -OCH3 is 1. The number of aliphatic hydroxyl groups excluding tert-OH is 1. The zero-order valence-electron chi connectivity index (χ0n) is 9.62. The summed E-state index contributed by atoms with van der Waals surface area (Å²) >= 11 is 0. The standard InChI is InChI=1S/C10H14N4O3/c1-3-7(15)10(6-11,17-2)14-5-4-8(12)13-9(14)16/h4-5,7,15H,3H2,1-2H3,(H2,12,13,16). The van der Waals surface area contributed by atoms with E-state index in [1.54, 1.807) is 13.0 Å². The average Bonchev–Trinajstić information content (AvgIpc) is 2.33. The van der Waals surface area contributed by atoms with Crippen molar-refractivity contribution in [3.05, 3.63) is 22.7 Å². The van der Waals surface area contributed by atoms with Crippen molar-refractivity contribution in [2.45, 2.75) is 25.2 Å². The quantitative estimate of drug-likeness (QED) is 0.725. The van der Waals surface area contributed by atoms with Crippen LogP contribution >= 0.6 is 0 Å².